The molecule has 1 N–H and O–H groups in total. The molecule has 1 aliphatic rings. The molecule has 0 atom stereocenters. The van der Waals surface area contributed by atoms with Gasteiger partial charge in [-0.1, -0.05) is 28.1 Å². The molecule has 1 aliphatic heterocycles. The molecule has 0 saturated carbocycles. The Morgan fingerprint density at radius 1 is 1.04 bits per heavy atom. The van der Waals surface area contributed by atoms with Crippen molar-refractivity contribution in [2.45, 2.75) is 6.54 Å². The summed E-state index contributed by atoms with van der Waals surface area (Å²) in [5.41, 5.74) is 1.87. The fraction of sp³-hybridized carbons (Fsp3) is 0.263. The maximum Gasteiger partial charge on any atom is 0.335 e. The van der Waals surface area contributed by atoms with E-state index < -0.39 is 5.97 Å². The van der Waals surface area contributed by atoms with E-state index in [1.807, 2.05) is 24.3 Å². The fourth-order valence-electron chi connectivity index (χ4n) is 2.75. The van der Waals surface area contributed by atoms with Crippen molar-refractivity contribution in [3.63, 3.8) is 0 Å². The quantitative estimate of drug-likeness (QED) is 0.822. The summed E-state index contributed by atoms with van der Waals surface area (Å²) in [6.07, 6.45) is 0. The molecule has 26 heavy (non-hydrogen) atoms. The minimum absolute atomic E-state index is 0.0852. The van der Waals surface area contributed by atoms with Crippen LogP contribution in [0.4, 0.5) is 10.5 Å². The molecule has 2 amide bonds. The van der Waals surface area contributed by atoms with Crippen molar-refractivity contribution < 1.29 is 19.4 Å². The number of halogens is 1. The average Bonchev–Trinajstić information content (AvgIpc) is 2.67. The number of aromatic carboxylic acids is 1. The first-order valence-electron chi connectivity index (χ1n) is 8.26. The third-order valence-electron chi connectivity index (χ3n) is 4.19. The molecule has 0 aromatic heterocycles. The van der Waals surface area contributed by atoms with Gasteiger partial charge in [0.1, 0.15) is 0 Å². The van der Waals surface area contributed by atoms with Crippen molar-refractivity contribution >= 4 is 33.6 Å². The molecule has 0 unspecified atom stereocenters. The molecule has 2 aromatic carbocycles. The fourth-order valence-corrected chi connectivity index (χ4v) is 3.02. The molecular formula is C19H19BrN2O4. The summed E-state index contributed by atoms with van der Waals surface area (Å²) in [7, 11) is 0. The second-order valence-electron chi connectivity index (χ2n) is 5.95. The van der Waals surface area contributed by atoms with Gasteiger partial charge in [0.2, 0.25) is 0 Å². The van der Waals surface area contributed by atoms with E-state index in [9.17, 15) is 9.59 Å². The summed E-state index contributed by atoms with van der Waals surface area (Å²) in [6.45, 7) is 2.55. The third-order valence-corrected chi connectivity index (χ3v) is 4.72. The highest BCUT2D eigenvalue weighted by Crippen LogP contribution is 2.22. The number of carbonyl (C=O) groups excluding carboxylic acids is 1. The Kier molecular flexibility index (Phi) is 5.90. The van der Waals surface area contributed by atoms with Gasteiger partial charge in [-0.15, -0.1) is 0 Å². The number of nitrogens with zero attached hydrogens (tertiary/aromatic N) is 2. The normalized spacial score (nSPS) is 14.1. The lowest BCUT2D eigenvalue weighted by atomic mass is 10.1. The Morgan fingerprint density at radius 3 is 2.23 bits per heavy atom. The van der Waals surface area contributed by atoms with Crippen molar-refractivity contribution in [3.8, 4) is 0 Å². The summed E-state index contributed by atoms with van der Waals surface area (Å²) in [5.74, 6) is -0.967. The van der Waals surface area contributed by atoms with E-state index >= 15 is 0 Å². The summed E-state index contributed by atoms with van der Waals surface area (Å²) in [6, 6.07) is 14.0. The number of hydrogen-bond donors (Lipinski definition) is 1. The number of ether oxygens (including phenoxy) is 1. The van der Waals surface area contributed by atoms with Gasteiger partial charge >= 0.3 is 12.0 Å². The smallest absolute Gasteiger partial charge is 0.335 e. The Balaban J connectivity index is 1.85. The number of benzene rings is 2. The van der Waals surface area contributed by atoms with Crippen LogP contribution in [0.2, 0.25) is 0 Å². The number of anilines is 1. The molecule has 0 aliphatic carbocycles. The van der Waals surface area contributed by atoms with Crippen molar-refractivity contribution in [1.29, 1.82) is 0 Å². The molecule has 2 aromatic rings. The lowest BCUT2D eigenvalue weighted by Crippen LogP contribution is -2.48. The van der Waals surface area contributed by atoms with Crippen LogP contribution in [-0.4, -0.2) is 48.3 Å². The average molecular weight is 419 g/mol. The van der Waals surface area contributed by atoms with E-state index in [2.05, 4.69) is 15.9 Å². The number of amides is 2. The molecule has 3 rings (SSSR count). The van der Waals surface area contributed by atoms with Crippen LogP contribution in [0.25, 0.3) is 0 Å². The first-order valence-corrected chi connectivity index (χ1v) is 9.06. The van der Waals surface area contributed by atoms with Gasteiger partial charge in [-0.3, -0.25) is 4.90 Å². The first kappa shape index (κ1) is 18.4. The van der Waals surface area contributed by atoms with Gasteiger partial charge in [0, 0.05) is 23.2 Å². The maximum atomic E-state index is 13.1. The Hall–Kier alpha value is -2.38. The zero-order valence-corrected chi connectivity index (χ0v) is 15.7. The lowest BCUT2D eigenvalue weighted by Gasteiger charge is -2.33. The molecule has 0 bridgehead atoms. The largest absolute Gasteiger partial charge is 0.478 e. The number of urea groups is 1. The number of morpholine rings is 1. The number of carboxylic acid groups (broad SMARTS) is 1. The molecule has 0 radical (unpaired) electrons. The topological polar surface area (TPSA) is 70.1 Å². The van der Waals surface area contributed by atoms with E-state index in [-0.39, 0.29) is 11.6 Å². The number of carbonyl (C=O) groups is 2. The molecule has 1 heterocycles. The summed E-state index contributed by atoms with van der Waals surface area (Å²) < 4.78 is 6.27. The van der Waals surface area contributed by atoms with Gasteiger partial charge in [0.15, 0.2) is 0 Å². The number of carboxylic acids is 1. The predicted molar refractivity (Wildman–Crippen MR) is 102 cm³/mol. The van der Waals surface area contributed by atoms with Crippen LogP contribution >= 0.6 is 15.9 Å². The third kappa shape index (κ3) is 4.42. The van der Waals surface area contributed by atoms with Crippen LogP contribution in [0, 0.1) is 0 Å². The van der Waals surface area contributed by atoms with Crippen LogP contribution in [-0.2, 0) is 11.3 Å². The second-order valence-corrected chi connectivity index (χ2v) is 6.86. The minimum Gasteiger partial charge on any atom is -0.478 e. The molecule has 7 heteroatoms. The Labute approximate surface area is 160 Å². The van der Waals surface area contributed by atoms with Gasteiger partial charge in [0.05, 0.1) is 25.3 Å². The summed E-state index contributed by atoms with van der Waals surface area (Å²) >= 11 is 3.41. The standard InChI is InChI=1S/C19H19BrN2O4/c20-16-5-7-17(8-6-16)22(19(25)21-9-11-26-12-10-21)13-14-1-3-15(4-2-14)18(23)24/h1-8H,9-13H2,(H,23,24). The molecule has 1 saturated heterocycles. The van der Waals surface area contributed by atoms with Crippen molar-refractivity contribution in [2.24, 2.45) is 0 Å². The van der Waals surface area contributed by atoms with E-state index in [1.165, 1.54) is 0 Å². The zero-order chi connectivity index (χ0) is 18.5. The van der Waals surface area contributed by atoms with Gasteiger partial charge in [0.25, 0.3) is 0 Å². The monoisotopic (exact) mass is 418 g/mol. The van der Waals surface area contributed by atoms with Crippen LogP contribution in [0.15, 0.2) is 53.0 Å². The van der Waals surface area contributed by atoms with Crippen molar-refractivity contribution in [3.05, 3.63) is 64.1 Å². The molecular weight excluding hydrogens is 400 g/mol. The van der Waals surface area contributed by atoms with Crippen LogP contribution in [0.1, 0.15) is 15.9 Å². The first-order chi connectivity index (χ1) is 12.5. The molecule has 1 fully saturated rings. The van der Waals surface area contributed by atoms with Gasteiger partial charge in [-0.2, -0.15) is 0 Å². The lowest BCUT2D eigenvalue weighted by molar-refractivity contribution is 0.0548. The highest BCUT2D eigenvalue weighted by atomic mass is 79.9. The van der Waals surface area contributed by atoms with E-state index in [1.54, 1.807) is 34.1 Å². The van der Waals surface area contributed by atoms with Gasteiger partial charge in [-0.05, 0) is 42.0 Å². The van der Waals surface area contributed by atoms with E-state index in [0.717, 1.165) is 15.7 Å². The van der Waals surface area contributed by atoms with E-state index in [0.29, 0.717) is 32.8 Å². The van der Waals surface area contributed by atoms with Crippen molar-refractivity contribution in [2.75, 3.05) is 31.2 Å². The molecule has 136 valence electrons. The molecule has 6 nitrogen and oxygen atoms in total. The highest BCUT2D eigenvalue weighted by Gasteiger charge is 2.24. The highest BCUT2D eigenvalue weighted by molar-refractivity contribution is 9.10. The number of hydrogen-bond acceptors (Lipinski definition) is 3. The van der Waals surface area contributed by atoms with Crippen LogP contribution in [0.3, 0.4) is 0 Å². The summed E-state index contributed by atoms with van der Waals surface area (Å²) in [4.78, 5) is 27.5. The number of rotatable bonds is 4. The summed E-state index contributed by atoms with van der Waals surface area (Å²) in [5, 5.41) is 9.03. The van der Waals surface area contributed by atoms with E-state index in [4.69, 9.17) is 9.84 Å². The van der Waals surface area contributed by atoms with Crippen LogP contribution < -0.4 is 4.90 Å². The van der Waals surface area contributed by atoms with Gasteiger partial charge < -0.3 is 14.7 Å². The predicted octanol–water partition coefficient (Wildman–Crippen LogP) is 3.61. The van der Waals surface area contributed by atoms with Crippen LogP contribution in [0.5, 0.6) is 0 Å². The molecule has 0 spiro atoms. The minimum atomic E-state index is -0.967. The van der Waals surface area contributed by atoms with Crippen molar-refractivity contribution in [1.82, 2.24) is 4.90 Å². The Morgan fingerprint density at radius 2 is 1.65 bits per heavy atom. The zero-order valence-electron chi connectivity index (χ0n) is 14.1. The maximum absolute atomic E-state index is 13.1. The Bertz CT molecular complexity index is 771. The second kappa shape index (κ2) is 8.33. The van der Waals surface area contributed by atoms with Gasteiger partial charge in [-0.25, -0.2) is 9.59 Å². The SMILES string of the molecule is O=C(O)c1ccc(CN(C(=O)N2CCOCC2)c2ccc(Br)cc2)cc1.